The van der Waals surface area contributed by atoms with Crippen molar-refractivity contribution < 1.29 is 28.9 Å². The summed E-state index contributed by atoms with van der Waals surface area (Å²) in [7, 11) is 0. The number of carbonyl (C=O) groups is 2. The lowest BCUT2D eigenvalue weighted by Gasteiger charge is -2.16. The quantitative estimate of drug-likeness (QED) is 0.353. The summed E-state index contributed by atoms with van der Waals surface area (Å²) in [4.78, 5) is 22.8. The zero-order valence-electron chi connectivity index (χ0n) is 11.6. The van der Waals surface area contributed by atoms with Crippen molar-refractivity contribution in [3.8, 4) is 0 Å². The highest BCUT2D eigenvalue weighted by molar-refractivity contribution is 6.13. The van der Waals surface area contributed by atoms with Crippen molar-refractivity contribution in [1.82, 2.24) is 0 Å². The molecule has 108 valence electrons. The fourth-order valence-corrected chi connectivity index (χ4v) is 1.54. The zero-order chi connectivity index (χ0) is 14.6. The molecule has 2 atom stereocenters. The molecule has 1 fully saturated rings. The number of hydrogen-bond donors (Lipinski definition) is 1. The van der Waals surface area contributed by atoms with E-state index in [0.29, 0.717) is 6.42 Å². The Kier molecular flexibility index (Phi) is 5.08. The number of carboxylic acids is 1. The van der Waals surface area contributed by atoms with Crippen LogP contribution in [0.4, 0.5) is 0 Å². The zero-order valence-corrected chi connectivity index (χ0v) is 11.6. The SMILES string of the molecule is CCC(C)OC(=O)C(=CC1COC(C)(C)O1)C(=O)O. The summed E-state index contributed by atoms with van der Waals surface area (Å²) in [6, 6.07) is 0. The number of carboxylic acid groups (broad SMARTS) is 1. The largest absolute Gasteiger partial charge is 0.477 e. The predicted molar refractivity (Wildman–Crippen MR) is 66.5 cm³/mol. The summed E-state index contributed by atoms with van der Waals surface area (Å²) in [6.45, 7) is 7.20. The van der Waals surface area contributed by atoms with Gasteiger partial charge in [-0.25, -0.2) is 9.59 Å². The van der Waals surface area contributed by atoms with Crippen LogP contribution in [0.3, 0.4) is 0 Å². The van der Waals surface area contributed by atoms with Crippen molar-refractivity contribution in [1.29, 1.82) is 0 Å². The summed E-state index contributed by atoms with van der Waals surface area (Å²) >= 11 is 0. The summed E-state index contributed by atoms with van der Waals surface area (Å²) < 4.78 is 15.7. The van der Waals surface area contributed by atoms with E-state index in [1.807, 2.05) is 6.92 Å². The maximum Gasteiger partial charge on any atom is 0.345 e. The molecule has 0 aromatic rings. The molecule has 1 aliphatic rings. The second-order valence-corrected chi connectivity index (χ2v) is 4.88. The van der Waals surface area contributed by atoms with Crippen LogP contribution >= 0.6 is 0 Å². The van der Waals surface area contributed by atoms with E-state index in [9.17, 15) is 9.59 Å². The molecule has 1 N–H and O–H groups in total. The lowest BCUT2D eigenvalue weighted by Crippen LogP contribution is -2.24. The van der Waals surface area contributed by atoms with E-state index in [-0.39, 0.29) is 12.7 Å². The summed E-state index contributed by atoms with van der Waals surface area (Å²) in [5.74, 6) is -2.96. The molecule has 2 unspecified atom stereocenters. The van der Waals surface area contributed by atoms with E-state index >= 15 is 0 Å². The van der Waals surface area contributed by atoms with Gasteiger partial charge in [0.05, 0.1) is 12.7 Å². The van der Waals surface area contributed by atoms with Gasteiger partial charge in [-0.15, -0.1) is 0 Å². The van der Waals surface area contributed by atoms with Crippen LogP contribution in [0.15, 0.2) is 11.6 Å². The Labute approximate surface area is 112 Å². The first-order valence-corrected chi connectivity index (χ1v) is 6.23. The molecule has 6 nitrogen and oxygen atoms in total. The second kappa shape index (κ2) is 6.16. The molecule has 1 heterocycles. The van der Waals surface area contributed by atoms with Crippen molar-refractivity contribution >= 4 is 11.9 Å². The number of carbonyl (C=O) groups excluding carboxylic acids is 1. The molecule has 0 radical (unpaired) electrons. The van der Waals surface area contributed by atoms with Gasteiger partial charge >= 0.3 is 11.9 Å². The highest BCUT2D eigenvalue weighted by Gasteiger charge is 2.33. The number of hydrogen-bond acceptors (Lipinski definition) is 5. The van der Waals surface area contributed by atoms with Crippen LogP contribution in [-0.2, 0) is 23.8 Å². The number of rotatable bonds is 5. The Balaban J connectivity index is 2.78. The van der Waals surface area contributed by atoms with E-state index < -0.39 is 29.4 Å². The van der Waals surface area contributed by atoms with Gasteiger partial charge in [-0.05, 0) is 33.3 Å². The molecule has 1 saturated heterocycles. The Hall–Kier alpha value is -1.40. The van der Waals surface area contributed by atoms with Gasteiger partial charge < -0.3 is 19.3 Å². The summed E-state index contributed by atoms with van der Waals surface area (Å²) in [5.41, 5.74) is -0.424. The van der Waals surface area contributed by atoms with Crippen LogP contribution in [0.25, 0.3) is 0 Å². The van der Waals surface area contributed by atoms with E-state index in [4.69, 9.17) is 19.3 Å². The highest BCUT2D eigenvalue weighted by atomic mass is 16.7. The number of ether oxygens (including phenoxy) is 3. The molecule has 0 saturated carbocycles. The van der Waals surface area contributed by atoms with Gasteiger partial charge in [-0.3, -0.25) is 0 Å². The molecule has 0 aromatic carbocycles. The fraction of sp³-hybridized carbons (Fsp3) is 0.692. The molecule has 0 aliphatic carbocycles. The van der Waals surface area contributed by atoms with Crippen molar-refractivity contribution in [3.63, 3.8) is 0 Å². The maximum atomic E-state index is 11.7. The van der Waals surface area contributed by atoms with E-state index in [2.05, 4.69) is 0 Å². The number of aliphatic carboxylic acids is 1. The van der Waals surface area contributed by atoms with Gasteiger partial charge in [0, 0.05) is 0 Å². The fourth-order valence-electron chi connectivity index (χ4n) is 1.54. The van der Waals surface area contributed by atoms with Gasteiger partial charge in [-0.1, -0.05) is 6.92 Å². The van der Waals surface area contributed by atoms with Crippen LogP contribution in [0.1, 0.15) is 34.1 Å². The van der Waals surface area contributed by atoms with Crippen LogP contribution in [0, 0.1) is 0 Å². The molecule has 0 spiro atoms. The summed E-state index contributed by atoms with van der Waals surface area (Å²) in [5, 5.41) is 9.05. The van der Waals surface area contributed by atoms with Crippen molar-refractivity contribution in [3.05, 3.63) is 11.6 Å². The molecule has 19 heavy (non-hydrogen) atoms. The molecule has 0 amide bonds. The molecular formula is C13H20O6. The van der Waals surface area contributed by atoms with Gasteiger partial charge in [-0.2, -0.15) is 0 Å². The lowest BCUT2D eigenvalue weighted by molar-refractivity contribution is -0.148. The minimum atomic E-state index is -1.33. The first kappa shape index (κ1) is 15.7. The van der Waals surface area contributed by atoms with Gasteiger partial charge in [0.1, 0.15) is 11.7 Å². The van der Waals surface area contributed by atoms with Gasteiger partial charge in [0.2, 0.25) is 0 Å². The van der Waals surface area contributed by atoms with Gasteiger partial charge in [0.25, 0.3) is 0 Å². The Morgan fingerprint density at radius 2 is 2.16 bits per heavy atom. The third kappa shape index (κ3) is 4.65. The molecule has 1 aliphatic heterocycles. The Morgan fingerprint density at radius 1 is 1.53 bits per heavy atom. The number of esters is 1. The summed E-state index contributed by atoms with van der Waals surface area (Å²) in [6.07, 6.45) is 0.967. The van der Waals surface area contributed by atoms with Crippen LogP contribution in [0.5, 0.6) is 0 Å². The predicted octanol–water partition coefficient (Wildman–Crippen LogP) is 1.49. The molecule has 1 rings (SSSR count). The standard InChI is InChI=1S/C13H20O6/c1-5-8(2)18-12(16)10(11(14)15)6-9-7-17-13(3,4)19-9/h6,8-9H,5,7H2,1-4H3,(H,14,15). The molecule has 0 aromatic heterocycles. The smallest absolute Gasteiger partial charge is 0.345 e. The maximum absolute atomic E-state index is 11.7. The Morgan fingerprint density at radius 3 is 2.58 bits per heavy atom. The first-order chi connectivity index (χ1) is 8.75. The van der Waals surface area contributed by atoms with E-state index in [1.54, 1.807) is 20.8 Å². The normalized spacial score (nSPS) is 24.0. The first-order valence-electron chi connectivity index (χ1n) is 6.23. The van der Waals surface area contributed by atoms with Crippen LogP contribution in [0.2, 0.25) is 0 Å². The minimum absolute atomic E-state index is 0.209. The third-order valence-electron chi connectivity index (χ3n) is 2.72. The average Bonchev–Trinajstić information content (AvgIpc) is 2.64. The van der Waals surface area contributed by atoms with Crippen molar-refractivity contribution in [2.24, 2.45) is 0 Å². The topological polar surface area (TPSA) is 82.1 Å². The average molecular weight is 272 g/mol. The Bertz CT molecular complexity index is 385. The van der Waals surface area contributed by atoms with Crippen LogP contribution in [-0.4, -0.2) is 41.6 Å². The van der Waals surface area contributed by atoms with Crippen molar-refractivity contribution in [2.45, 2.75) is 52.1 Å². The molecule has 6 heteroatoms. The van der Waals surface area contributed by atoms with Gasteiger partial charge in [0.15, 0.2) is 5.79 Å². The monoisotopic (exact) mass is 272 g/mol. The second-order valence-electron chi connectivity index (χ2n) is 4.88. The molecule has 0 bridgehead atoms. The molecular weight excluding hydrogens is 252 g/mol. The highest BCUT2D eigenvalue weighted by Crippen LogP contribution is 2.24. The minimum Gasteiger partial charge on any atom is -0.477 e. The van der Waals surface area contributed by atoms with Crippen molar-refractivity contribution in [2.75, 3.05) is 6.61 Å². The lowest BCUT2D eigenvalue weighted by atomic mass is 10.2. The van der Waals surface area contributed by atoms with E-state index in [1.165, 1.54) is 6.08 Å². The van der Waals surface area contributed by atoms with E-state index in [0.717, 1.165) is 0 Å². The van der Waals surface area contributed by atoms with Crippen LogP contribution < -0.4 is 0 Å². The third-order valence-corrected chi connectivity index (χ3v) is 2.72.